The molecule has 0 fully saturated rings. The Morgan fingerprint density at radius 2 is 0.431 bits per heavy atom. The molecule has 0 saturated carbocycles. The van der Waals surface area contributed by atoms with Crippen molar-refractivity contribution in [2.75, 3.05) is 6.61 Å². The lowest BCUT2D eigenvalue weighted by atomic mass is 9.81. The standard InChI is InChI=1S/C24H7F39O2/c1-3-65-5(64)4(2)6(25,26)7(27,28)8(29,30)9(31,32)10(33,34)11(35,36)12(37,38)13(39,40)14(41,42)15(43,44)16(45,46)17(47,48)18(49,50)19(51,52)20(53,54)21(55,56)22(57,58)23(59,60)24(61,62)63/h2-3H2,1H3. The predicted octanol–water partition coefficient (Wildman–Crippen LogP) is 13.1. The molecular formula is C24H7F39O2. The van der Waals surface area contributed by atoms with Crippen molar-refractivity contribution < 1.29 is 181 Å². The lowest BCUT2D eigenvalue weighted by Crippen LogP contribution is -2.80. The molecule has 0 unspecified atom stereocenters. The van der Waals surface area contributed by atoms with Crippen molar-refractivity contribution in [3.8, 4) is 0 Å². The van der Waals surface area contributed by atoms with E-state index >= 15 is 0 Å². The Hall–Kier alpha value is -3.52. The minimum Gasteiger partial charge on any atom is -0.462 e. The van der Waals surface area contributed by atoms with Gasteiger partial charge in [-0.2, -0.15) is 171 Å². The molecule has 0 aromatic rings. The second-order valence-corrected chi connectivity index (χ2v) is 12.0. The summed E-state index contributed by atoms with van der Waals surface area (Å²) in [5.74, 6) is -182. The zero-order chi connectivity index (χ0) is 54.1. The number of hydrogen-bond donors (Lipinski definition) is 0. The van der Waals surface area contributed by atoms with Gasteiger partial charge in [0.15, 0.2) is 0 Å². The molecule has 0 aliphatic heterocycles. The van der Waals surface area contributed by atoms with Gasteiger partial charge >= 0.3 is 119 Å². The molecule has 0 atom stereocenters. The van der Waals surface area contributed by atoms with Gasteiger partial charge in [0.2, 0.25) is 0 Å². The van der Waals surface area contributed by atoms with E-state index in [2.05, 4.69) is 4.74 Å². The summed E-state index contributed by atoms with van der Waals surface area (Å²) in [6.07, 6.45) is -8.51. The van der Waals surface area contributed by atoms with E-state index in [9.17, 15) is 176 Å². The fourth-order valence-corrected chi connectivity index (χ4v) is 3.87. The van der Waals surface area contributed by atoms with E-state index in [1.165, 1.54) is 6.58 Å². The van der Waals surface area contributed by atoms with Crippen LogP contribution in [0.25, 0.3) is 0 Å². The van der Waals surface area contributed by atoms with Crippen molar-refractivity contribution in [3.05, 3.63) is 12.2 Å². The van der Waals surface area contributed by atoms with Crippen LogP contribution in [0.1, 0.15) is 6.92 Å². The molecule has 0 bridgehead atoms. The van der Waals surface area contributed by atoms with Crippen molar-refractivity contribution in [1.82, 2.24) is 0 Å². The third-order valence-electron chi connectivity index (χ3n) is 7.96. The number of ether oxygens (including phenoxy) is 1. The summed E-state index contributed by atoms with van der Waals surface area (Å²) in [6.45, 7) is 0.631. The van der Waals surface area contributed by atoms with Gasteiger partial charge in [-0.1, -0.05) is 6.58 Å². The fraction of sp³-hybridized carbons (Fsp3) is 0.875. The van der Waals surface area contributed by atoms with Gasteiger partial charge < -0.3 is 4.74 Å². The average molecular weight is 1070 g/mol. The second-order valence-electron chi connectivity index (χ2n) is 12.0. The van der Waals surface area contributed by atoms with Crippen LogP contribution in [0, 0.1) is 0 Å². The Bertz CT molecular complexity index is 1780. The van der Waals surface area contributed by atoms with Crippen LogP contribution in [0.15, 0.2) is 12.2 Å². The number of esters is 1. The highest BCUT2D eigenvalue weighted by atomic mass is 19.4. The van der Waals surface area contributed by atoms with Gasteiger partial charge in [-0.3, -0.25) is 0 Å². The van der Waals surface area contributed by atoms with E-state index in [1.54, 1.807) is 0 Å². The van der Waals surface area contributed by atoms with Crippen molar-refractivity contribution in [2.24, 2.45) is 0 Å². The first kappa shape index (κ1) is 61.5. The van der Waals surface area contributed by atoms with Crippen LogP contribution in [-0.4, -0.2) is 125 Å². The lowest BCUT2D eigenvalue weighted by molar-refractivity contribution is -0.494. The maximum atomic E-state index is 14.1. The van der Waals surface area contributed by atoms with E-state index in [0.29, 0.717) is 6.92 Å². The van der Waals surface area contributed by atoms with Crippen LogP contribution in [0.5, 0.6) is 0 Å². The fourth-order valence-electron chi connectivity index (χ4n) is 3.87. The van der Waals surface area contributed by atoms with Crippen LogP contribution in [0.3, 0.4) is 0 Å². The van der Waals surface area contributed by atoms with E-state index in [-0.39, 0.29) is 0 Å². The molecule has 0 N–H and O–H groups in total. The molecule has 0 radical (unpaired) electrons. The number of rotatable bonds is 20. The molecule has 65 heavy (non-hydrogen) atoms. The monoisotopic (exact) mass is 1070 g/mol. The molecule has 0 aliphatic rings. The Labute approximate surface area is 326 Å². The molecule has 2 nitrogen and oxygen atoms in total. The molecule has 0 heterocycles. The van der Waals surface area contributed by atoms with Crippen LogP contribution in [-0.2, 0) is 9.53 Å². The molecule has 388 valence electrons. The van der Waals surface area contributed by atoms with Gasteiger partial charge in [-0.25, -0.2) is 4.79 Å². The topological polar surface area (TPSA) is 26.3 Å². The lowest BCUT2D eigenvalue weighted by Gasteiger charge is -2.47. The summed E-state index contributed by atoms with van der Waals surface area (Å²) in [6, 6.07) is 0. The number of hydrogen-bond acceptors (Lipinski definition) is 2. The van der Waals surface area contributed by atoms with Crippen molar-refractivity contribution in [2.45, 2.75) is 120 Å². The second kappa shape index (κ2) is 15.2. The maximum Gasteiger partial charge on any atom is 0.460 e. The first-order chi connectivity index (χ1) is 27.4. The minimum absolute atomic E-state index is 0.488. The third-order valence-corrected chi connectivity index (χ3v) is 7.96. The number of carbonyl (C=O) groups is 1. The largest absolute Gasteiger partial charge is 0.462 e. The molecule has 0 aromatic carbocycles. The first-order valence-electron chi connectivity index (χ1n) is 14.1. The third kappa shape index (κ3) is 7.03. The molecular weight excluding hydrogens is 1060 g/mol. The summed E-state index contributed by atoms with van der Waals surface area (Å²) < 4.78 is 538. The van der Waals surface area contributed by atoms with Crippen LogP contribution in [0.4, 0.5) is 171 Å². The Balaban J connectivity index is 7.96. The van der Waals surface area contributed by atoms with Crippen LogP contribution >= 0.6 is 0 Å². The maximum absolute atomic E-state index is 14.1. The summed E-state index contributed by atoms with van der Waals surface area (Å²) in [5.41, 5.74) is -3.65. The highest BCUT2D eigenvalue weighted by Gasteiger charge is 3.03. The van der Waals surface area contributed by atoms with Gasteiger partial charge in [0.05, 0.1) is 6.61 Å². The molecule has 0 spiro atoms. The summed E-state index contributed by atoms with van der Waals surface area (Å²) in [7, 11) is 0. The molecule has 0 aromatic heterocycles. The van der Waals surface area contributed by atoms with E-state index in [1.807, 2.05) is 0 Å². The summed E-state index contributed by atoms with van der Waals surface area (Å²) in [5, 5.41) is 0. The first-order valence-corrected chi connectivity index (χ1v) is 14.1. The highest BCUT2D eigenvalue weighted by molar-refractivity contribution is 5.90. The summed E-state index contributed by atoms with van der Waals surface area (Å²) >= 11 is 0. The van der Waals surface area contributed by atoms with Crippen molar-refractivity contribution in [1.29, 1.82) is 0 Å². The normalized spacial score (nSPS) is 16.8. The predicted molar refractivity (Wildman–Crippen MR) is 121 cm³/mol. The molecule has 0 aliphatic carbocycles. The smallest absolute Gasteiger partial charge is 0.460 e. The minimum atomic E-state index is -10.6. The van der Waals surface area contributed by atoms with E-state index in [4.69, 9.17) is 0 Å². The van der Waals surface area contributed by atoms with Crippen molar-refractivity contribution >= 4 is 5.97 Å². The number of halogens is 39. The Morgan fingerprint density at radius 1 is 0.292 bits per heavy atom. The highest BCUT2D eigenvalue weighted by Crippen LogP contribution is 2.71. The zero-order valence-corrected chi connectivity index (χ0v) is 28.5. The summed E-state index contributed by atoms with van der Waals surface area (Å²) in [4.78, 5) is 11.1. The van der Waals surface area contributed by atoms with Crippen molar-refractivity contribution in [3.63, 3.8) is 0 Å². The molecule has 41 heteroatoms. The SMILES string of the molecule is C=C(C(=O)OCC)C(F)(F)C(F)(F)C(F)(F)C(F)(F)C(F)(F)C(F)(F)C(F)(F)C(F)(F)C(F)(F)C(F)(F)C(F)(F)C(F)(F)C(F)(F)C(F)(F)C(F)(F)C(F)(F)C(F)(F)C(F)(F)C(F)(F)F. The van der Waals surface area contributed by atoms with Gasteiger partial charge in [0.1, 0.15) is 5.57 Å². The van der Waals surface area contributed by atoms with Crippen LogP contribution < -0.4 is 0 Å². The van der Waals surface area contributed by atoms with Gasteiger partial charge in [-0.05, 0) is 6.92 Å². The van der Waals surface area contributed by atoms with Gasteiger partial charge in [0.25, 0.3) is 0 Å². The molecule has 0 amide bonds. The molecule has 0 saturated heterocycles. The molecule has 0 rings (SSSR count). The Kier molecular flexibility index (Phi) is 14.4. The van der Waals surface area contributed by atoms with E-state index in [0.717, 1.165) is 0 Å². The Morgan fingerprint density at radius 3 is 0.569 bits per heavy atom. The van der Waals surface area contributed by atoms with Gasteiger partial charge in [0, 0.05) is 0 Å². The van der Waals surface area contributed by atoms with E-state index < -0.39 is 131 Å². The zero-order valence-electron chi connectivity index (χ0n) is 28.5. The number of alkyl halides is 39. The average Bonchev–Trinajstić information content (AvgIpc) is 3.09. The van der Waals surface area contributed by atoms with Gasteiger partial charge in [-0.15, -0.1) is 0 Å². The number of carbonyl (C=O) groups excluding carboxylic acids is 1. The quantitative estimate of drug-likeness (QED) is 0.0690. The van der Waals surface area contributed by atoms with Crippen LogP contribution in [0.2, 0.25) is 0 Å².